The number of hydrogen-bond acceptors (Lipinski definition) is 1. The molecule has 3 aliphatic rings. The van der Waals surface area contributed by atoms with Gasteiger partial charge in [-0.25, -0.2) is 4.79 Å². The predicted molar refractivity (Wildman–Crippen MR) is 58.7 cm³/mol. The van der Waals surface area contributed by atoms with Gasteiger partial charge in [0.05, 0.1) is 0 Å². The van der Waals surface area contributed by atoms with Gasteiger partial charge in [0.1, 0.15) is 0 Å². The average Bonchev–Trinajstić information content (AvgIpc) is 2.15. The third kappa shape index (κ3) is 1.35. The molecule has 0 aromatic carbocycles. The first-order valence-corrected chi connectivity index (χ1v) is 5.81. The lowest BCUT2D eigenvalue weighted by molar-refractivity contribution is -0.130. The maximum absolute atomic E-state index is 11.0. The zero-order valence-corrected chi connectivity index (χ0v) is 10.0. The Morgan fingerprint density at radius 3 is 2.40 bits per heavy atom. The van der Waals surface area contributed by atoms with Crippen molar-refractivity contribution in [1.29, 1.82) is 0 Å². The Hall–Kier alpha value is -0.730. The lowest BCUT2D eigenvalue weighted by Gasteiger charge is -2.62. The van der Waals surface area contributed by atoms with E-state index in [9.17, 15) is 4.79 Å². The smallest absolute Gasteiger partial charge is 0.407 e. The van der Waals surface area contributed by atoms with Crippen LogP contribution in [-0.4, -0.2) is 29.2 Å². The van der Waals surface area contributed by atoms with Crippen molar-refractivity contribution in [3.63, 3.8) is 0 Å². The van der Waals surface area contributed by atoms with Gasteiger partial charge >= 0.3 is 6.09 Å². The van der Waals surface area contributed by atoms with E-state index in [1.807, 2.05) is 0 Å². The van der Waals surface area contributed by atoms with Gasteiger partial charge in [0.15, 0.2) is 0 Å². The third-order valence-electron chi connectivity index (χ3n) is 5.11. The van der Waals surface area contributed by atoms with Crippen LogP contribution in [0.25, 0.3) is 0 Å². The molecule has 0 heterocycles. The summed E-state index contributed by atoms with van der Waals surface area (Å²) in [5, 5.41) is 9.01. The Balaban J connectivity index is 2.12. The van der Waals surface area contributed by atoms with Gasteiger partial charge in [-0.1, -0.05) is 20.8 Å². The highest BCUT2D eigenvalue weighted by atomic mass is 16.4. The van der Waals surface area contributed by atoms with Crippen LogP contribution in [0.15, 0.2) is 0 Å². The van der Waals surface area contributed by atoms with E-state index in [1.165, 1.54) is 11.3 Å². The van der Waals surface area contributed by atoms with Crippen LogP contribution in [0.4, 0.5) is 4.79 Å². The fourth-order valence-corrected chi connectivity index (χ4v) is 3.78. The summed E-state index contributed by atoms with van der Waals surface area (Å²) in [6, 6.07) is 0.235. The maximum atomic E-state index is 11.0. The number of carboxylic acid groups (broad SMARTS) is 1. The summed E-state index contributed by atoms with van der Waals surface area (Å²) in [7, 11) is 1.71. The number of carbonyl (C=O) groups is 1. The topological polar surface area (TPSA) is 40.5 Å². The number of hydrogen-bond donors (Lipinski definition) is 1. The monoisotopic (exact) mass is 211 g/mol. The molecule has 0 unspecified atom stereocenters. The Labute approximate surface area is 91.5 Å². The number of rotatable bonds is 1. The molecule has 3 nitrogen and oxygen atoms in total. The van der Waals surface area contributed by atoms with Crippen molar-refractivity contribution in [3.8, 4) is 0 Å². The largest absolute Gasteiger partial charge is 0.465 e. The van der Waals surface area contributed by atoms with Crippen molar-refractivity contribution in [2.75, 3.05) is 7.05 Å². The van der Waals surface area contributed by atoms with Gasteiger partial charge in [0, 0.05) is 13.1 Å². The molecule has 1 N–H and O–H groups in total. The first kappa shape index (κ1) is 10.8. The minimum absolute atomic E-state index is 0.235. The van der Waals surface area contributed by atoms with Gasteiger partial charge in [-0.15, -0.1) is 0 Å². The zero-order valence-electron chi connectivity index (χ0n) is 10.0. The van der Waals surface area contributed by atoms with E-state index in [-0.39, 0.29) is 6.04 Å². The quantitative estimate of drug-likeness (QED) is 0.724. The summed E-state index contributed by atoms with van der Waals surface area (Å²) >= 11 is 0. The van der Waals surface area contributed by atoms with E-state index in [1.54, 1.807) is 7.05 Å². The molecule has 0 aliphatic heterocycles. The van der Waals surface area contributed by atoms with Crippen LogP contribution in [0.5, 0.6) is 0 Å². The molecule has 3 heteroatoms. The van der Waals surface area contributed by atoms with Crippen molar-refractivity contribution in [2.45, 2.75) is 39.7 Å². The Morgan fingerprint density at radius 1 is 1.40 bits per heavy atom. The fraction of sp³-hybridized carbons (Fsp3) is 0.917. The van der Waals surface area contributed by atoms with Crippen LogP contribution < -0.4 is 0 Å². The molecule has 1 amide bonds. The molecular formula is C12H21NO2. The summed E-state index contributed by atoms with van der Waals surface area (Å²) in [6.07, 6.45) is 1.57. The minimum Gasteiger partial charge on any atom is -0.465 e. The van der Waals surface area contributed by atoms with Crippen molar-refractivity contribution >= 4 is 6.09 Å². The van der Waals surface area contributed by atoms with Crippen LogP contribution >= 0.6 is 0 Å². The number of amides is 1. The SMILES string of the molecule is C[C@@H]1[C@H](N(C)C(=O)O)C[C@H]2C[C@H]1C2(C)C. The average molecular weight is 211 g/mol. The van der Waals surface area contributed by atoms with E-state index in [0.717, 1.165) is 12.3 Å². The Kier molecular flexibility index (Phi) is 2.25. The molecule has 0 spiro atoms. The second-order valence-electron chi connectivity index (χ2n) is 5.92. The first-order chi connectivity index (χ1) is 6.85. The maximum Gasteiger partial charge on any atom is 0.407 e. The van der Waals surface area contributed by atoms with Crippen molar-refractivity contribution < 1.29 is 9.90 Å². The molecule has 4 atom stereocenters. The molecule has 0 saturated heterocycles. The first-order valence-electron chi connectivity index (χ1n) is 5.81. The lowest BCUT2D eigenvalue weighted by Crippen LogP contribution is -2.60. The van der Waals surface area contributed by atoms with Gasteiger partial charge < -0.3 is 10.0 Å². The summed E-state index contributed by atoms with van der Waals surface area (Å²) < 4.78 is 0. The van der Waals surface area contributed by atoms with Gasteiger partial charge in [-0.05, 0) is 36.0 Å². The highest BCUT2D eigenvalue weighted by molar-refractivity contribution is 5.65. The highest BCUT2D eigenvalue weighted by Gasteiger charge is 2.57. The molecule has 3 fully saturated rings. The van der Waals surface area contributed by atoms with Crippen LogP contribution in [0.1, 0.15) is 33.6 Å². The van der Waals surface area contributed by atoms with E-state index in [4.69, 9.17) is 5.11 Å². The normalized spacial score (nSPS) is 41.9. The van der Waals surface area contributed by atoms with Gasteiger partial charge in [-0.3, -0.25) is 0 Å². The summed E-state index contributed by atoms with van der Waals surface area (Å²) in [5.41, 5.74) is 0.440. The second-order valence-corrected chi connectivity index (χ2v) is 5.92. The summed E-state index contributed by atoms with van der Waals surface area (Å²) in [4.78, 5) is 12.5. The van der Waals surface area contributed by atoms with Gasteiger partial charge in [0.2, 0.25) is 0 Å². The molecule has 0 radical (unpaired) electrons. The Bertz CT molecular complexity index is 287. The van der Waals surface area contributed by atoms with Crippen LogP contribution in [0.3, 0.4) is 0 Å². The zero-order chi connectivity index (χ0) is 11.4. The molecule has 0 aromatic rings. The van der Waals surface area contributed by atoms with Crippen molar-refractivity contribution in [3.05, 3.63) is 0 Å². The van der Waals surface area contributed by atoms with Crippen molar-refractivity contribution in [2.24, 2.45) is 23.2 Å². The predicted octanol–water partition coefficient (Wildman–Crippen LogP) is 2.67. The molecule has 3 rings (SSSR count). The minimum atomic E-state index is -0.786. The van der Waals surface area contributed by atoms with E-state index < -0.39 is 6.09 Å². The fourth-order valence-electron chi connectivity index (χ4n) is 3.78. The summed E-state index contributed by atoms with van der Waals surface area (Å²) in [6.45, 7) is 6.88. The molecule has 15 heavy (non-hydrogen) atoms. The molecule has 86 valence electrons. The standard InChI is InChI=1S/C12H21NO2/c1-7-9-5-8(12(9,2)3)6-10(7)13(4)11(14)15/h7-10H,5-6H2,1-4H3,(H,14,15)/t7-,8+,9+,10+/m0/s1. The van der Waals surface area contributed by atoms with Crippen LogP contribution in [-0.2, 0) is 0 Å². The second kappa shape index (κ2) is 3.13. The number of fused-ring (bicyclic) bond motifs is 2. The van der Waals surface area contributed by atoms with Crippen LogP contribution in [0.2, 0.25) is 0 Å². The van der Waals surface area contributed by atoms with Gasteiger partial charge in [0.25, 0.3) is 0 Å². The Morgan fingerprint density at radius 2 is 2.00 bits per heavy atom. The third-order valence-corrected chi connectivity index (χ3v) is 5.11. The van der Waals surface area contributed by atoms with E-state index in [0.29, 0.717) is 17.3 Å². The molecular weight excluding hydrogens is 190 g/mol. The summed E-state index contributed by atoms with van der Waals surface area (Å²) in [5.74, 6) is 1.94. The lowest BCUT2D eigenvalue weighted by atomic mass is 9.44. The molecule has 2 bridgehead atoms. The molecule has 3 saturated carbocycles. The molecule has 3 aliphatic carbocycles. The molecule has 0 aromatic heterocycles. The van der Waals surface area contributed by atoms with Crippen molar-refractivity contribution in [1.82, 2.24) is 4.90 Å². The van der Waals surface area contributed by atoms with Crippen LogP contribution in [0, 0.1) is 23.2 Å². The highest BCUT2D eigenvalue weighted by Crippen LogP contribution is 2.61. The van der Waals surface area contributed by atoms with E-state index >= 15 is 0 Å². The van der Waals surface area contributed by atoms with E-state index in [2.05, 4.69) is 20.8 Å². The van der Waals surface area contributed by atoms with Gasteiger partial charge in [-0.2, -0.15) is 0 Å². The number of nitrogens with zero attached hydrogens (tertiary/aromatic N) is 1.